The highest BCUT2D eigenvalue weighted by Gasteiger charge is 2.24. The van der Waals surface area contributed by atoms with Crippen LogP contribution in [0.15, 0.2) is 48.8 Å². The molecule has 0 unspecified atom stereocenters. The number of rotatable bonds is 8. The minimum Gasteiger partial charge on any atom is -0.461 e. The molecule has 0 amide bonds. The van der Waals surface area contributed by atoms with Crippen LogP contribution in [0.2, 0.25) is 0 Å². The molecule has 1 aromatic heterocycles. The summed E-state index contributed by atoms with van der Waals surface area (Å²) >= 11 is 0. The summed E-state index contributed by atoms with van der Waals surface area (Å²) in [6.07, 6.45) is 11.8. The molecule has 0 saturated heterocycles. The zero-order valence-corrected chi connectivity index (χ0v) is 20.7. The summed E-state index contributed by atoms with van der Waals surface area (Å²) in [5, 5.41) is 3.37. The van der Waals surface area contributed by atoms with Crippen LogP contribution in [0.4, 0.5) is 0 Å². The number of nitrogens with zero attached hydrogens (tertiary/aromatic N) is 1. The van der Waals surface area contributed by atoms with E-state index in [2.05, 4.69) is 10.3 Å². The van der Waals surface area contributed by atoms with Crippen molar-refractivity contribution in [2.75, 3.05) is 0 Å². The first-order chi connectivity index (χ1) is 16.3. The van der Waals surface area contributed by atoms with Crippen LogP contribution in [-0.2, 0) is 27.2 Å². The Morgan fingerprint density at radius 3 is 2.29 bits per heavy atom. The molecule has 1 fully saturated rings. The van der Waals surface area contributed by atoms with Crippen molar-refractivity contribution in [2.45, 2.75) is 96.4 Å². The van der Waals surface area contributed by atoms with E-state index in [9.17, 15) is 9.59 Å². The molecule has 1 N–H and O–H groups in total. The Hall–Kier alpha value is -2.73. The van der Waals surface area contributed by atoms with Crippen LogP contribution in [-0.4, -0.2) is 34.7 Å². The van der Waals surface area contributed by atoms with E-state index in [0.717, 1.165) is 36.8 Å². The second kappa shape index (κ2) is 12.7. The average molecular weight is 467 g/mol. The van der Waals surface area contributed by atoms with E-state index in [-0.39, 0.29) is 18.0 Å². The van der Waals surface area contributed by atoms with E-state index in [4.69, 9.17) is 9.47 Å². The predicted molar refractivity (Wildman–Crippen MR) is 132 cm³/mol. The third-order valence-corrected chi connectivity index (χ3v) is 5.92. The van der Waals surface area contributed by atoms with Crippen LogP contribution >= 0.6 is 0 Å². The van der Waals surface area contributed by atoms with Crippen LogP contribution in [0, 0.1) is 0 Å². The molecule has 0 spiro atoms. The Morgan fingerprint density at radius 1 is 1.00 bits per heavy atom. The van der Waals surface area contributed by atoms with E-state index in [0.29, 0.717) is 18.5 Å². The Bertz CT molecular complexity index is 898. The van der Waals surface area contributed by atoms with Gasteiger partial charge in [0.2, 0.25) is 0 Å². The minimum absolute atomic E-state index is 0.000824. The Morgan fingerprint density at radius 2 is 1.68 bits per heavy atom. The maximum Gasteiger partial charge on any atom is 0.338 e. The first kappa shape index (κ1) is 25.9. The van der Waals surface area contributed by atoms with Crippen molar-refractivity contribution >= 4 is 11.9 Å². The van der Waals surface area contributed by atoms with Crippen molar-refractivity contribution in [1.29, 1.82) is 0 Å². The summed E-state index contributed by atoms with van der Waals surface area (Å²) in [4.78, 5) is 29.6. The number of hydrogen-bond acceptors (Lipinski definition) is 6. The molecular formula is C28H38N2O4. The van der Waals surface area contributed by atoms with Crippen LogP contribution in [0.5, 0.6) is 0 Å². The Labute approximate surface area is 203 Å². The molecule has 0 radical (unpaired) electrons. The quantitative estimate of drug-likeness (QED) is 0.525. The number of hydrogen-bond donors (Lipinski definition) is 1. The van der Waals surface area contributed by atoms with Crippen molar-refractivity contribution in [3.8, 4) is 0 Å². The Balaban J connectivity index is 1.62. The maximum atomic E-state index is 13.1. The van der Waals surface area contributed by atoms with E-state index < -0.39 is 11.6 Å². The van der Waals surface area contributed by atoms with Gasteiger partial charge < -0.3 is 14.8 Å². The molecule has 3 rings (SSSR count). The number of aromatic nitrogens is 1. The number of benzene rings is 1. The van der Waals surface area contributed by atoms with Gasteiger partial charge in [-0.1, -0.05) is 37.5 Å². The van der Waals surface area contributed by atoms with Gasteiger partial charge in [0.1, 0.15) is 17.7 Å². The van der Waals surface area contributed by atoms with Crippen LogP contribution in [0.1, 0.15) is 87.2 Å². The van der Waals surface area contributed by atoms with Crippen molar-refractivity contribution in [1.82, 2.24) is 10.3 Å². The third kappa shape index (κ3) is 8.90. The fraction of sp³-hybridized carbons (Fsp3) is 0.536. The first-order valence-corrected chi connectivity index (χ1v) is 12.5. The van der Waals surface area contributed by atoms with E-state index in [1.54, 1.807) is 24.5 Å². The van der Waals surface area contributed by atoms with E-state index in [1.165, 1.54) is 19.3 Å². The Kier molecular flexibility index (Phi) is 9.63. The second-order valence-corrected chi connectivity index (χ2v) is 10.1. The van der Waals surface area contributed by atoms with Crippen molar-refractivity contribution in [3.63, 3.8) is 0 Å². The maximum absolute atomic E-state index is 13.1. The average Bonchev–Trinajstić information content (AvgIpc) is 2.78. The molecule has 6 heteroatoms. The van der Waals surface area contributed by atoms with Gasteiger partial charge in [0, 0.05) is 18.9 Å². The van der Waals surface area contributed by atoms with Gasteiger partial charge >= 0.3 is 11.9 Å². The van der Waals surface area contributed by atoms with Gasteiger partial charge in [-0.25, -0.2) is 4.79 Å². The molecule has 1 saturated carbocycles. The van der Waals surface area contributed by atoms with Crippen molar-refractivity contribution < 1.29 is 19.1 Å². The fourth-order valence-electron chi connectivity index (χ4n) is 4.11. The summed E-state index contributed by atoms with van der Waals surface area (Å²) in [7, 11) is 0. The van der Waals surface area contributed by atoms with Gasteiger partial charge in [0.05, 0.1) is 5.56 Å². The lowest BCUT2D eigenvalue weighted by molar-refractivity contribution is -0.152. The number of carbonyl (C=O) groups is 2. The largest absolute Gasteiger partial charge is 0.461 e. The van der Waals surface area contributed by atoms with Crippen molar-refractivity contribution in [3.05, 3.63) is 65.5 Å². The smallest absolute Gasteiger partial charge is 0.338 e. The van der Waals surface area contributed by atoms with Gasteiger partial charge in [0.15, 0.2) is 0 Å². The minimum atomic E-state index is -0.534. The number of ether oxygens (including phenoxy) is 2. The molecule has 1 heterocycles. The van der Waals surface area contributed by atoms with Gasteiger partial charge in [-0.15, -0.1) is 0 Å². The van der Waals surface area contributed by atoms with Gasteiger partial charge in [-0.2, -0.15) is 0 Å². The lowest BCUT2D eigenvalue weighted by Gasteiger charge is -2.24. The number of esters is 2. The molecule has 6 nitrogen and oxygen atoms in total. The fourth-order valence-corrected chi connectivity index (χ4v) is 4.11. The molecule has 184 valence electrons. The van der Waals surface area contributed by atoms with Gasteiger partial charge in [-0.05, 0) is 82.2 Å². The van der Waals surface area contributed by atoms with Gasteiger partial charge in [-0.3, -0.25) is 9.78 Å². The van der Waals surface area contributed by atoms with E-state index in [1.807, 2.05) is 45.0 Å². The van der Waals surface area contributed by atoms with Crippen LogP contribution in [0.3, 0.4) is 0 Å². The summed E-state index contributed by atoms with van der Waals surface area (Å²) in [5.74, 6) is -0.552. The predicted octanol–water partition coefficient (Wildman–Crippen LogP) is 5.39. The third-order valence-electron chi connectivity index (χ3n) is 5.92. The summed E-state index contributed by atoms with van der Waals surface area (Å²) < 4.78 is 11.4. The van der Waals surface area contributed by atoms with Gasteiger partial charge in [0.25, 0.3) is 0 Å². The summed E-state index contributed by atoms with van der Waals surface area (Å²) in [6.45, 7) is 6.03. The van der Waals surface area contributed by atoms with Crippen LogP contribution < -0.4 is 5.32 Å². The molecule has 1 aromatic carbocycles. The number of carbonyl (C=O) groups excluding carboxylic acids is 2. The lowest BCUT2D eigenvalue weighted by Crippen LogP contribution is -2.41. The van der Waals surface area contributed by atoms with Crippen LogP contribution in [0.25, 0.3) is 0 Å². The highest BCUT2D eigenvalue weighted by Crippen LogP contribution is 2.20. The molecule has 0 aliphatic heterocycles. The molecule has 2 aromatic rings. The van der Waals surface area contributed by atoms with E-state index >= 15 is 0 Å². The lowest BCUT2D eigenvalue weighted by atomic mass is 9.98. The molecule has 1 aliphatic rings. The summed E-state index contributed by atoms with van der Waals surface area (Å²) in [6, 6.07) is 10.7. The topological polar surface area (TPSA) is 77.5 Å². The molecule has 34 heavy (non-hydrogen) atoms. The number of pyridine rings is 1. The highest BCUT2D eigenvalue weighted by atomic mass is 16.6. The zero-order chi connectivity index (χ0) is 24.4. The highest BCUT2D eigenvalue weighted by molar-refractivity contribution is 5.89. The van der Waals surface area contributed by atoms with Crippen molar-refractivity contribution in [2.24, 2.45) is 0 Å². The molecule has 1 atom stereocenters. The first-order valence-electron chi connectivity index (χ1n) is 12.5. The molecule has 1 aliphatic carbocycles. The summed E-state index contributed by atoms with van der Waals surface area (Å²) in [5.41, 5.74) is 1.93. The zero-order valence-electron chi connectivity index (χ0n) is 20.7. The second-order valence-electron chi connectivity index (χ2n) is 10.1. The standard InChI is InChI=1S/C28H38N2O4/c1-28(2,3)34-26(31)23-15-13-21(14-16-23)20-30-25(18-22-10-9-17-29-19-22)27(32)33-24-11-7-5-4-6-8-12-24/h9-10,13-17,19,24-25,30H,4-8,11-12,18,20H2,1-3H3/t25-/m1/s1. The molecular weight excluding hydrogens is 428 g/mol. The normalized spacial score (nSPS) is 16.2. The number of nitrogens with one attached hydrogen (secondary N) is 1. The SMILES string of the molecule is CC(C)(C)OC(=O)c1ccc(CN[C@H](Cc2cccnc2)C(=O)OC2CCCCCCC2)cc1. The monoisotopic (exact) mass is 466 g/mol. The molecule has 0 bridgehead atoms.